The van der Waals surface area contributed by atoms with Crippen LogP contribution in [0.1, 0.15) is 32.5 Å². The first-order chi connectivity index (χ1) is 8.04. The molecule has 1 aromatic heterocycles. The minimum Gasteiger partial charge on any atom is -0.384 e. The lowest BCUT2D eigenvalue weighted by Gasteiger charge is -2.19. The van der Waals surface area contributed by atoms with Gasteiger partial charge in [-0.15, -0.1) is 0 Å². The molecular formula is C12H22N4O. The Hall–Kier alpha value is -1.36. The van der Waals surface area contributed by atoms with Crippen LogP contribution in [-0.4, -0.2) is 36.8 Å². The molecule has 1 heterocycles. The average Bonchev–Trinajstić information content (AvgIpc) is 2.28. The van der Waals surface area contributed by atoms with Crippen molar-refractivity contribution in [3.8, 4) is 0 Å². The summed E-state index contributed by atoms with van der Waals surface area (Å²) >= 11 is 0. The third-order valence-corrected chi connectivity index (χ3v) is 2.43. The molecule has 0 aliphatic heterocycles. The van der Waals surface area contributed by atoms with Crippen LogP contribution in [0.15, 0.2) is 6.07 Å². The molecule has 2 N–H and O–H groups in total. The molecule has 0 bridgehead atoms. The zero-order valence-electron chi connectivity index (χ0n) is 11.1. The second kappa shape index (κ2) is 6.39. The van der Waals surface area contributed by atoms with E-state index in [2.05, 4.69) is 23.8 Å². The molecule has 1 aromatic rings. The monoisotopic (exact) mass is 238 g/mol. The fourth-order valence-corrected chi connectivity index (χ4v) is 1.39. The summed E-state index contributed by atoms with van der Waals surface area (Å²) in [5, 5.41) is 0. The van der Waals surface area contributed by atoms with Gasteiger partial charge in [-0.2, -0.15) is 0 Å². The van der Waals surface area contributed by atoms with Gasteiger partial charge in [0.2, 0.25) is 0 Å². The maximum atomic E-state index is 5.78. The summed E-state index contributed by atoms with van der Waals surface area (Å²) in [4.78, 5) is 10.7. The van der Waals surface area contributed by atoms with Crippen molar-refractivity contribution >= 4 is 11.6 Å². The molecule has 0 saturated heterocycles. The molecular weight excluding hydrogens is 216 g/mol. The molecule has 0 unspecified atom stereocenters. The maximum Gasteiger partial charge on any atom is 0.135 e. The summed E-state index contributed by atoms with van der Waals surface area (Å²) in [7, 11) is 1.98. The first-order valence-electron chi connectivity index (χ1n) is 5.98. The van der Waals surface area contributed by atoms with Crippen molar-refractivity contribution in [2.45, 2.75) is 26.7 Å². The topological polar surface area (TPSA) is 64.3 Å². The number of likely N-dealkylation sites (N-methyl/N-ethyl adjacent to an activating group) is 1. The van der Waals surface area contributed by atoms with E-state index in [4.69, 9.17) is 10.5 Å². The number of ether oxygens (including phenoxy) is 1. The minimum atomic E-state index is 0.276. The second-order valence-corrected chi connectivity index (χ2v) is 4.28. The first kappa shape index (κ1) is 13.7. The van der Waals surface area contributed by atoms with Gasteiger partial charge < -0.3 is 15.4 Å². The normalized spacial score (nSPS) is 10.9. The number of nitrogens with two attached hydrogens (primary N) is 1. The zero-order chi connectivity index (χ0) is 12.8. The zero-order valence-corrected chi connectivity index (χ0v) is 11.1. The van der Waals surface area contributed by atoms with Gasteiger partial charge in [0, 0.05) is 32.2 Å². The van der Waals surface area contributed by atoms with E-state index in [-0.39, 0.29) is 5.92 Å². The van der Waals surface area contributed by atoms with Gasteiger partial charge in [0.25, 0.3) is 0 Å². The van der Waals surface area contributed by atoms with Crippen LogP contribution in [-0.2, 0) is 4.74 Å². The fraction of sp³-hybridized carbons (Fsp3) is 0.667. The van der Waals surface area contributed by atoms with Gasteiger partial charge in [-0.3, -0.25) is 0 Å². The summed E-state index contributed by atoms with van der Waals surface area (Å²) in [6, 6.07) is 1.79. The van der Waals surface area contributed by atoms with Gasteiger partial charge in [0.1, 0.15) is 17.5 Å². The summed E-state index contributed by atoms with van der Waals surface area (Å²) in [6.07, 6.45) is 0. The van der Waals surface area contributed by atoms with Crippen molar-refractivity contribution < 1.29 is 4.74 Å². The van der Waals surface area contributed by atoms with Crippen LogP contribution < -0.4 is 10.6 Å². The van der Waals surface area contributed by atoms with Crippen LogP contribution in [0.25, 0.3) is 0 Å². The van der Waals surface area contributed by atoms with E-state index in [0.717, 1.165) is 24.8 Å². The highest BCUT2D eigenvalue weighted by atomic mass is 16.5. The van der Waals surface area contributed by atoms with Gasteiger partial charge >= 0.3 is 0 Å². The molecule has 0 amide bonds. The SMILES string of the molecule is CCOCCN(C)c1cc(N)nc(C(C)C)n1. The average molecular weight is 238 g/mol. The maximum absolute atomic E-state index is 5.78. The van der Waals surface area contributed by atoms with Crippen molar-refractivity contribution in [3.05, 3.63) is 11.9 Å². The molecule has 0 spiro atoms. The highest BCUT2D eigenvalue weighted by Crippen LogP contribution is 2.17. The predicted molar refractivity (Wildman–Crippen MR) is 70.3 cm³/mol. The first-order valence-corrected chi connectivity index (χ1v) is 5.98. The van der Waals surface area contributed by atoms with Crippen molar-refractivity contribution in [3.63, 3.8) is 0 Å². The Kier molecular flexibility index (Phi) is 5.15. The van der Waals surface area contributed by atoms with Gasteiger partial charge in [-0.1, -0.05) is 13.8 Å². The summed E-state index contributed by atoms with van der Waals surface area (Å²) in [5.41, 5.74) is 5.78. The summed E-state index contributed by atoms with van der Waals surface area (Å²) < 4.78 is 5.32. The van der Waals surface area contributed by atoms with E-state index in [1.54, 1.807) is 6.07 Å². The summed E-state index contributed by atoms with van der Waals surface area (Å²) in [6.45, 7) is 8.31. The Balaban J connectivity index is 2.75. The molecule has 5 heteroatoms. The number of rotatable bonds is 6. The molecule has 96 valence electrons. The molecule has 0 radical (unpaired) electrons. The number of aromatic nitrogens is 2. The Morgan fingerprint density at radius 3 is 2.71 bits per heavy atom. The number of hydrogen-bond acceptors (Lipinski definition) is 5. The highest BCUT2D eigenvalue weighted by Gasteiger charge is 2.09. The van der Waals surface area contributed by atoms with Crippen molar-refractivity contribution in [2.24, 2.45) is 0 Å². The largest absolute Gasteiger partial charge is 0.384 e. The lowest BCUT2D eigenvalue weighted by molar-refractivity contribution is 0.154. The van der Waals surface area contributed by atoms with E-state index < -0.39 is 0 Å². The fourth-order valence-electron chi connectivity index (χ4n) is 1.39. The van der Waals surface area contributed by atoms with E-state index in [1.807, 2.05) is 18.9 Å². The third-order valence-electron chi connectivity index (χ3n) is 2.43. The number of hydrogen-bond donors (Lipinski definition) is 1. The quantitative estimate of drug-likeness (QED) is 0.763. The Bertz CT molecular complexity index is 354. The third kappa shape index (κ3) is 4.19. The Labute approximate surface area is 103 Å². The molecule has 0 fully saturated rings. The van der Waals surface area contributed by atoms with Gasteiger partial charge in [0.05, 0.1) is 6.61 Å². The van der Waals surface area contributed by atoms with Crippen LogP contribution in [0.2, 0.25) is 0 Å². The number of nitrogen functional groups attached to an aromatic ring is 1. The lowest BCUT2D eigenvalue weighted by Crippen LogP contribution is -2.24. The minimum absolute atomic E-state index is 0.276. The van der Waals surface area contributed by atoms with Crippen LogP contribution >= 0.6 is 0 Å². The standard InChI is InChI=1S/C12H22N4O/c1-5-17-7-6-16(4)11-8-10(13)14-12(15-11)9(2)3/h8-9H,5-7H2,1-4H3,(H2,13,14,15). The molecule has 1 rings (SSSR count). The van der Waals surface area contributed by atoms with Gasteiger partial charge in [0.15, 0.2) is 0 Å². The van der Waals surface area contributed by atoms with Crippen molar-refractivity contribution in [1.29, 1.82) is 0 Å². The van der Waals surface area contributed by atoms with Gasteiger partial charge in [-0.25, -0.2) is 9.97 Å². The van der Waals surface area contributed by atoms with Crippen LogP contribution in [0.3, 0.4) is 0 Å². The molecule has 0 saturated carbocycles. The molecule has 17 heavy (non-hydrogen) atoms. The van der Waals surface area contributed by atoms with E-state index in [0.29, 0.717) is 12.4 Å². The van der Waals surface area contributed by atoms with Crippen molar-refractivity contribution in [1.82, 2.24) is 9.97 Å². The lowest BCUT2D eigenvalue weighted by atomic mass is 10.2. The van der Waals surface area contributed by atoms with Gasteiger partial charge in [-0.05, 0) is 6.92 Å². The predicted octanol–water partition coefficient (Wildman–Crippen LogP) is 1.65. The van der Waals surface area contributed by atoms with Crippen LogP contribution in [0, 0.1) is 0 Å². The van der Waals surface area contributed by atoms with Crippen LogP contribution in [0.4, 0.5) is 11.6 Å². The van der Waals surface area contributed by atoms with E-state index in [1.165, 1.54) is 0 Å². The molecule has 0 aliphatic rings. The second-order valence-electron chi connectivity index (χ2n) is 4.28. The Morgan fingerprint density at radius 1 is 1.41 bits per heavy atom. The number of nitrogens with zero attached hydrogens (tertiary/aromatic N) is 3. The molecule has 5 nitrogen and oxygen atoms in total. The van der Waals surface area contributed by atoms with E-state index >= 15 is 0 Å². The smallest absolute Gasteiger partial charge is 0.135 e. The molecule has 0 aliphatic carbocycles. The van der Waals surface area contributed by atoms with E-state index in [9.17, 15) is 0 Å². The van der Waals surface area contributed by atoms with Crippen molar-refractivity contribution in [2.75, 3.05) is 37.4 Å². The molecule has 0 atom stereocenters. The Morgan fingerprint density at radius 2 is 2.12 bits per heavy atom. The molecule has 0 aromatic carbocycles. The van der Waals surface area contributed by atoms with Crippen LogP contribution in [0.5, 0.6) is 0 Å². The number of anilines is 2. The highest BCUT2D eigenvalue weighted by molar-refractivity contribution is 5.46. The summed E-state index contributed by atoms with van der Waals surface area (Å²) in [5.74, 6) is 2.42.